The average Bonchev–Trinajstić information content (AvgIpc) is 3.16. The van der Waals surface area contributed by atoms with Crippen LogP contribution in [0.3, 0.4) is 0 Å². The number of alkyl halides is 3. The first-order valence-electron chi connectivity index (χ1n) is 10.8. The number of benzene rings is 1. The van der Waals surface area contributed by atoms with Gasteiger partial charge in [-0.15, -0.1) is 0 Å². The number of hydrogen-bond donors (Lipinski definition) is 3. The van der Waals surface area contributed by atoms with Crippen LogP contribution in [-0.2, 0) is 0 Å². The molecular formula is C23H25F4N7O. The molecule has 0 radical (unpaired) electrons. The molecule has 8 nitrogen and oxygen atoms in total. The SMILES string of the molecule is CN=Cc1c(N2CCC(N)(C(F)(F)F)CC2)ccc(C(=O)Nc2cc(F)c3nc(C)cn3c2)c1N. The highest BCUT2D eigenvalue weighted by Crippen LogP contribution is 2.39. The third-order valence-electron chi connectivity index (χ3n) is 6.21. The lowest BCUT2D eigenvalue weighted by molar-refractivity contribution is -0.191. The minimum atomic E-state index is -4.49. The Labute approximate surface area is 198 Å². The van der Waals surface area contributed by atoms with Crippen molar-refractivity contribution in [3.8, 4) is 0 Å². The number of halogens is 4. The Morgan fingerprint density at radius 2 is 1.94 bits per heavy atom. The molecule has 0 atom stereocenters. The van der Waals surface area contributed by atoms with Crippen LogP contribution in [0, 0.1) is 12.7 Å². The number of fused-ring (bicyclic) bond motifs is 1. The van der Waals surface area contributed by atoms with E-state index in [2.05, 4.69) is 15.3 Å². The van der Waals surface area contributed by atoms with Gasteiger partial charge in [-0.2, -0.15) is 13.2 Å². The fourth-order valence-electron chi connectivity index (χ4n) is 4.24. The summed E-state index contributed by atoms with van der Waals surface area (Å²) in [6, 6.07) is 4.26. The molecule has 186 valence electrons. The van der Waals surface area contributed by atoms with E-state index in [0.29, 0.717) is 16.9 Å². The lowest BCUT2D eigenvalue weighted by Crippen LogP contribution is -2.59. The van der Waals surface area contributed by atoms with Gasteiger partial charge in [0.15, 0.2) is 11.5 Å². The zero-order valence-electron chi connectivity index (χ0n) is 19.2. The second-order valence-corrected chi connectivity index (χ2v) is 8.63. The minimum absolute atomic E-state index is 0.0646. The number of imidazole rings is 1. The summed E-state index contributed by atoms with van der Waals surface area (Å²) in [5.41, 5.74) is 11.8. The van der Waals surface area contributed by atoms with Crippen molar-refractivity contribution < 1.29 is 22.4 Å². The topological polar surface area (TPSA) is 114 Å². The Morgan fingerprint density at radius 1 is 1.26 bits per heavy atom. The maximum absolute atomic E-state index is 14.4. The van der Waals surface area contributed by atoms with Crippen molar-refractivity contribution in [2.75, 3.05) is 36.1 Å². The van der Waals surface area contributed by atoms with Gasteiger partial charge < -0.3 is 26.1 Å². The van der Waals surface area contributed by atoms with Crippen LogP contribution in [0.25, 0.3) is 5.65 Å². The molecule has 1 aliphatic rings. The number of rotatable bonds is 4. The van der Waals surface area contributed by atoms with Crippen molar-refractivity contribution >= 4 is 34.8 Å². The van der Waals surface area contributed by atoms with Crippen molar-refractivity contribution in [2.45, 2.75) is 31.5 Å². The number of hydrogen-bond acceptors (Lipinski definition) is 6. The van der Waals surface area contributed by atoms with Crippen molar-refractivity contribution in [1.82, 2.24) is 9.38 Å². The molecule has 3 aromatic rings. The van der Waals surface area contributed by atoms with Gasteiger partial charge in [0.1, 0.15) is 5.54 Å². The van der Waals surface area contributed by atoms with Crippen LogP contribution in [-0.4, -0.2) is 53.4 Å². The number of carbonyl (C=O) groups excluding carboxylic acids is 1. The summed E-state index contributed by atoms with van der Waals surface area (Å²) in [5.74, 6) is -1.18. The molecule has 35 heavy (non-hydrogen) atoms. The normalized spacial score (nSPS) is 16.3. The molecule has 4 rings (SSSR count). The van der Waals surface area contributed by atoms with Gasteiger partial charge in [-0.25, -0.2) is 9.37 Å². The number of carbonyl (C=O) groups is 1. The van der Waals surface area contributed by atoms with Crippen molar-refractivity contribution in [3.05, 3.63) is 53.2 Å². The van der Waals surface area contributed by atoms with Gasteiger partial charge in [-0.05, 0) is 31.9 Å². The molecule has 0 aliphatic carbocycles. The van der Waals surface area contributed by atoms with Crippen LogP contribution in [0.5, 0.6) is 0 Å². The number of nitrogens with two attached hydrogens (primary N) is 2. The highest BCUT2D eigenvalue weighted by Gasteiger charge is 2.53. The van der Waals surface area contributed by atoms with E-state index in [-0.39, 0.29) is 48.5 Å². The average molecular weight is 491 g/mol. The molecule has 0 spiro atoms. The first-order chi connectivity index (χ1) is 16.4. The number of anilines is 3. The molecule has 5 N–H and O–H groups in total. The molecule has 1 fully saturated rings. The molecular weight excluding hydrogens is 466 g/mol. The summed E-state index contributed by atoms with van der Waals surface area (Å²) < 4.78 is 55.7. The molecule has 1 aliphatic heterocycles. The number of aromatic nitrogens is 2. The molecule has 0 unspecified atom stereocenters. The monoisotopic (exact) mass is 491 g/mol. The number of aryl methyl sites for hydroxylation is 1. The lowest BCUT2D eigenvalue weighted by Gasteiger charge is -2.41. The molecule has 1 saturated heterocycles. The predicted octanol–water partition coefficient (Wildman–Crippen LogP) is 3.53. The van der Waals surface area contributed by atoms with Gasteiger partial charge in [0.2, 0.25) is 0 Å². The van der Waals surface area contributed by atoms with E-state index in [1.807, 2.05) is 0 Å². The molecule has 12 heteroatoms. The van der Waals surface area contributed by atoms with E-state index >= 15 is 0 Å². The van der Waals surface area contributed by atoms with Gasteiger partial charge in [0.05, 0.1) is 22.6 Å². The van der Waals surface area contributed by atoms with Gasteiger partial charge >= 0.3 is 6.18 Å². The molecule has 0 bridgehead atoms. The van der Waals surface area contributed by atoms with Gasteiger partial charge in [-0.3, -0.25) is 9.79 Å². The third-order valence-corrected chi connectivity index (χ3v) is 6.21. The van der Waals surface area contributed by atoms with Gasteiger partial charge in [-0.1, -0.05) is 0 Å². The summed E-state index contributed by atoms with van der Waals surface area (Å²) in [6.45, 7) is 1.85. The summed E-state index contributed by atoms with van der Waals surface area (Å²) in [6.07, 6.45) is -0.434. The van der Waals surface area contributed by atoms with Crippen LogP contribution in [0.1, 0.15) is 34.5 Å². The van der Waals surface area contributed by atoms with Gasteiger partial charge in [0.25, 0.3) is 5.91 Å². The molecule has 3 heterocycles. The maximum atomic E-state index is 14.4. The van der Waals surface area contributed by atoms with Crippen LogP contribution in [0.2, 0.25) is 0 Å². The number of amides is 1. The summed E-state index contributed by atoms with van der Waals surface area (Å²) in [5, 5.41) is 2.63. The number of aliphatic imine (C=N–C) groups is 1. The standard InChI is InChI=1S/C23H25F4N7O/c1-13-11-34-12-14(9-17(24)20(34)31-13)32-21(35)15-3-4-18(16(10-30-2)19(15)28)33-7-5-22(29,6-8-33)23(25,26)27/h3-4,9-12H,5-8,28-29H2,1-2H3,(H,32,35). The second-order valence-electron chi connectivity index (χ2n) is 8.63. The highest BCUT2D eigenvalue weighted by atomic mass is 19.4. The van der Waals surface area contributed by atoms with E-state index in [9.17, 15) is 22.4 Å². The number of piperidine rings is 1. The number of pyridine rings is 1. The fourth-order valence-corrected chi connectivity index (χ4v) is 4.24. The highest BCUT2D eigenvalue weighted by molar-refractivity contribution is 6.11. The molecule has 1 aromatic carbocycles. The minimum Gasteiger partial charge on any atom is -0.397 e. The van der Waals surface area contributed by atoms with Crippen LogP contribution >= 0.6 is 0 Å². The Morgan fingerprint density at radius 3 is 2.57 bits per heavy atom. The van der Waals surface area contributed by atoms with Crippen molar-refractivity contribution in [1.29, 1.82) is 0 Å². The number of nitrogens with zero attached hydrogens (tertiary/aromatic N) is 4. The smallest absolute Gasteiger partial charge is 0.397 e. The van der Waals surface area contributed by atoms with E-state index in [1.165, 1.54) is 29.9 Å². The number of nitrogen functional groups attached to an aromatic ring is 1. The van der Waals surface area contributed by atoms with Gasteiger partial charge in [0, 0.05) is 56.1 Å². The van der Waals surface area contributed by atoms with E-state index in [4.69, 9.17) is 11.5 Å². The predicted molar refractivity (Wildman–Crippen MR) is 127 cm³/mol. The largest absolute Gasteiger partial charge is 0.406 e. The third kappa shape index (κ3) is 4.53. The number of nitrogens with one attached hydrogen (secondary N) is 1. The second kappa shape index (κ2) is 8.84. The summed E-state index contributed by atoms with van der Waals surface area (Å²) >= 11 is 0. The Balaban J connectivity index is 1.61. The zero-order valence-corrected chi connectivity index (χ0v) is 19.2. The van der Waals surface area contributed by atoms with Crippen molar-refractivity contribution in [2.24, 2.45) is 10.7 Å². The first-order valence-corrected chi connectivity index (χ1v) is 10.8. The Hall–Kier alpha value is -3.67. The van der Waals surface area contributed by atoms with Crippen LogP contribution in [0.15, 0.2) is 35.6 Å². The van der Waals surface area contributed by atoms with Crippen LogP contribution < -0.4 is 21.7 Å². The molecule has 1 amide bonds. The Kier molecular flexibility index (Phi) is 6.18. The van der Waals surface area contributed by atoms with Crippen molar-refractivity contribution in [3.63, 3.8) is 0 Å². The summed E-state index contributed by atoms with van der Waals surface area (Å²) in [4.78, 5) is 22.8. The van der Waals surface area contributed by atoms with E-state index in [0.717, 1.165) is 6.07 Å². The van der Waals surface area contributed by atoms with Crippen LogP contribution in [0.4, 0.5) is 34.6 Å². The summed E-state index contributed by atoms with van der Waals surface area (Å²) in [7, 11) is 1.52. The van der Waals surface area contributed by atoms with E-state index < -0.39 is 23.4 Å². The lowest BCUT2D eigenvalue weighted by atomic mass is 9.87. The van der Waals surface area contributed by atoms with E-state index in [1.54, 1.807) is 24.1 Å². The first kappa shape index (κ1) is 24.5. The maximum Gasteiger partial charge on any atom is 0.406 e. The molecule has 2 aromatic heterocycles. The quantitative estimate of drug-likeness (QED) is 0.294. The molecule has 0 saturated carbocycles. The fraction of sp³-hybridized carbons (Fsp3) is 0.348. The zero-order chi connectivity index (χ0) is 25.5. The Bertz CT molecular complexity index is 1310.